The van der Waals surface area contributed by atoms with Crippen LogP contribution in [-0.2, 0) is 10.3 Å². The minimum Gasteiger partial charge on any atom is -0.478 e. The Hall–Kier alpha value is -3.27. The van der Waals surface area contributed by atoms with Gasteiger partial charge in [0.2, 0.25) is 6.10 Å². The highest BCUT2D eigenvalue weighted by Gasteiger charge is 2.63. The van der Waals surface area contributed by atoms with Gasteiger partial charge in [-0.05, 0) is 37.3 Å². The lowest BCUT2D eigenvalue weighted by atomic mass is 9.75. The van der Waals surface area contributed by atoms with Gasteiger partial charge in [-0.15, -0.1) is 0 Å². The molecule has 2 aliphatic heterocycles. The number of carbonyl (C=O) groups is 1. The number of hydrogen-bond donors (Lipinski definition) is 0. The number of fused-ring (bicyclic) bond motifs is 5. The number of amides is 1. The van der Waals surface area contributed by atoms with Crippen LogP contribution in [0.2, 0.25) is 0 Å². The van der Waals surface area contributed by atoms with Gasteiger partial charge in [0.25, 0.3) is 5.91 Å². The Bertz CT molecular complexity index is 1000. The van der Waals surface area contributed by atoms with Crippen molar-refractivity contribution in [3.05, 3.63) is 84.4 Å². The van der Waals surface area contributed by atoms with E-state index >= 15 is 0 Å². The van der Waals surface area contributed by atoms with Crippen molar-refractivity contribution in [2.24, 2.45) is 0 Å². The van der Waals surface area contributed by atoms with E-state index in [9.17, 15) is 4.79 Å². The molecule has 0 N–H and O–H groups in total. The van der Waals surface area contributed by atoms with E-state index in [4.69, 9.17) is 9.47 Å². The lowest BCUT2D eigenvalue weighted by Crippen LogP contribution is -2.73. The van der Waals surface area contributed by atoms with E-state index in [0.717, 1.165) is 17.0 Å². The largest absolute Gasteiger partial charge is 0.478 e. The summed E-state index contributed by atoms with van der Waals surface area (Å²) in [5.41, 5.74) is 1.07. The Morgan fingerprint density at radius 2 is 1.54 bits per heavy atom. The minimum absolute atomic E-state index is 0.0656. The fourth-order valence-corrected chi connectivity index (χ4v) is 3.89. The Labute approximate surface area is 151 Å². The van der Waals surface area contributed by atoms with Gasteiger partial charge in [0.15, 0.2) is 5.75 Å². The van der Waals surface area contributed by atoms with E-state index in [1.54, 1.807) is 4.90 Å². The first kappa shape index (κ1) is 15.0. The van der Waals surface area contributed by atoms with Gasteiger partial charge in [0.05, 0.1) is 5.69 Å². The molecule has 128 valence electrons. The number of β-lactam (4-membered cyclic amide) rings is 1. The number of nitrogens with zero attached hydrogens (tertiary/aromatic N) is 1. The Balaban J connectivity index is 1.67. The summed E-state index contributed by atoms with van der Waals surface area (Å²) >= 11 is 0. The van der Waals surface area contributed by atoms with Crippen LogP contribution in [0.15, 0.2) is 78.9 Å². The van der Waals surface area contributed by atoms with Gasteiger partial charge in [-0.3, -0.25) is 9.69 Å². The fraction of sp³-hybridized carbons (Fsp3) is 0.136. The molecule has 0 radical (unpaired) electrons. The molecule has 4 nitrogen and oxygen atoms in total. The molecule has 1 saturated heterocycles. The second-order valence-electron chi connectivity index (χ2n) is 6.70. The highest BCUT2D eigenvalue weighted by atomic mass is 16.5. The molecule has 3 aromatic carbocycles. The van der Waals surface area contributed by atoms with Gasteiger partial charge in [-0.1, -0.05) is 48.5 Å². The Kier molecular flexibility index (Phi) is 3.10. The average molecular weight is 343 g/mol. The maximum Gasteiger partial charge on any atom is 0.271 e. The van der Waals surface area contributed by atoms with Crippen LogP contribution >= 0.6 is 0 Å². The molecule has 0 unspecified atom stereocenters. The van der Waals surface area contributed by atoms with Crippen LogP contribution in [-0.4, -0.2) is 12.0 Å². The molecule has 2 atom stereocenters. The van der Waals surface area contributed by atoms with Gasteiger partial charge in [0.1, 0.15) is 17.0 Å². The lowest BCUT2D eigenvalue weighted by Gasteiger charge is -2.54. The zero-order chi connectivity index (χ0) is 17.7. The first-order valence-corrected chi connectivity index (χ1v) is 8.62. The SMILES string of the molecule is C[C@]12c3ccccc3Oc3ccccc3N1C(=O)[C@@H]2Oc1ccccc1. The molecule has 0 aromatic heterocycles. The van der Waals surface area contributed by atoms with Crippen molar-refractivity contribution in [3.63, 3.8) is 0 Å². The number of anilines is 1. The summed E-state index contributed by atoms with van der Waals surface area (Å²) in [4.78, 5) is 14.9. The van der Waals surface area contributed by atoms with E-state index in [1.807, 2.05) is 85.8 Å². The highest BCUT2D eigenvalue weighted by Crippen LogP contribution is 2.54. The van der Waals surface area contributed by atoms with Gasteiger partial charge >= 0.3 is 0 Å². The van der Waals surface area contributed by atoms with Crippen molar-refractivity contribution >= 4 is 11.6 Å². The first-order chi connectivity index (χ1) is 12.7. The number of carbonyl (C=O) groups excluding carboxylic acids is 1. The van der Waals surface area contributed by atoms with E-state index in [-0.39, 0.29) is 5.91 Å². The molecule has 0 saturated carbocycles. The van der Waals surface area contributed by atoms with E-state index in [1.165, 1.54) is 0 Å². The summed E-state index contributed by atoms with van der Waals surface area (Å²) in [5.74, 6) is 2.04. The second-order valence-corrected chi connectivity index (χ2v) is 6.70. The van der Waals surface area contributed by atoms with Crippen molar-refractivity contribution in [3.8, 4) is 17.2 Å². The summed E-state index contributed by atoms with van der Waals surface area (Å²) in [7, 11) is 0. The molecule has 0 bridgehead atoms. The Morgan fingerprint density at radius 1 is 0.885 bits per heavy atom. The summed E-state index contributed by atoms with van der Waals surface area (Å²) in [5, 5.41) is 0. The molecule has 26 heavy (non-hydrogen) atoms. The van der Waals surface area contributed by atoms with E-state index in [2.05, 4.69) is 0 Å². The number of para-hydroxylation sites is 4. The number of rotatable bonds is 2. The molecule has 1 amide bonds. The van der Waals surface area contributed by atoms with Crippen molar-refractivity contribution in [2.75, 3.05) is 4.90 Å². The normalized spacial score (nSPS) is 22.9. The maximum atomic E-state index is 13.1. The third-order valence-corrected chi connectivity index (χ3v) is 5.18. The summed E-state index contributed by atoms with van der Waals surface area (Å²) in [6.07, 6.45) is -0.610. The van der Waals surface area contributed by atoms with Crippen LogP contribution in [0.1, 0.15) is 12.5 Å². The van der Waals surface area contributed by atoms with Gasteiger partial charge in [0, 0.05) is 5.56 Å². The van der Waals surface area contributed by atoms with Gasteiger partial charge < -0.3 is 9.47 Å². The van der Waals surface area contributed by atoms with E-state index < -0.39 is 11.6 Å². The van der Waals surface area contributed by atoms with Crippen molar-refractivity contribution in [1.82, 2.24) is 0 Å². The smallest absolute Gasteiger partial charge is 0.271 e. The van der Waals surface area contributed by atoms with Crippen LogP contribution in [0.3, 0.4) is 0 Å². The zero-order valence-electron chi connectivity index (χ0n) is 14.3. The molecule has 0 spiro atoms. The lowest BCUT2D eigenvalue weighted by molar-refractivity contribution is -0.140. The molecule has 5 rings (SSSR count). The standard InChI is InChI=1S/C22H17NO3/c1-22-16-11-5-7-13-18(16)26-19-14-8-6-12-17(19)23(22)21(24)20(22)25-15-9-3-2-4-10-15/h2-14,20H,1H3/t20-,22+/m0/s1. The minimum atomic E-state index is -0.643. The molecule has 2 aliphatic rings. The summed E-state index contributed by atoms with van der Waals surface area (Å²) in [6.45, 7) is 2.03. The molecule has 0 aliphatic carbocycles. The molecular formula is C22H17NO3. The summed E-state index contributed by atoms with van der Waals surface area (Å²) < 4.78 is 12.3. The monoisotopic (exact) mass is 343 g/mol. The average Bonchev–Trinajstić information content (AvgIpc) is 2.78. The van der Waals surface area contributed by atoms with Crippen molar-refractivity contribution in [1.29, 1.82) is 0 Å². The van der Waals surface area contributed by atoms with Gasteiger partial charge in [-0.25, -0.2) is 0 Å². The van der Waals surface area contributed by atoms with Crippen LogP contribution < -0.4 is 14.4 Å². The maximum absolute atomic E-state index is 13.1. The number of benzene rings is 3. The predicted molar refractivity (Wildman–Crippen MR) is 98.7 cm³/mol. The van der Waals surface area contributed by atoms with Crippen LogP contribution in [0.5, 0.6) is 17.2 Å². The van der Waals surface area contributed by atoms with Crippen molar-refractivity contribution in [2.45, 2.75) is 18.6 Å². The second kappa shape index (κ2) is 5.36. The van der Waals surface area contributed by atoms with Crippen LogP contribution in [0.25, 0.3) is 0 Å². The molecule has 3 aromatic rings. The van der Waals surface area contributed by atoms with Gasteiger partial charge in [-0.2, -0.15) is 0 Å². The van der Waals surface area contributed by atoms with Crippen LogP contribution in [0.4, 0.5) is 5.69 Å². The third kappa shape index (κ3) is 1.93. The van der Waals surface area contributed by atoms with Crippen molar-refractivity contribution < 1.29 is 14.3 Å². The predicted octanol–water partition coefficient (Wildman–Crippen LogP) is 4.50. The van der Waals surface area contributed by atoms with Crippen LogP contribution in [0, 0.1) is 0 Å². The molecule has 2 heterocycles. The molecular weight excluding hydrogens is 326 g/mol. The quantitative estimate of drug-likeness (QED) is 0.643. The topological polar surface area (TPSA) is 38.8 Å². The summed E-state index contributed by atoms with van der Waals surface area (Å²) in [6, 6.07) is 24.9. The number of hydrogen-bond acceptors (Lipinski definition) is 3. The highest BCUT2D eigenvalue weighted by molar-refractivity contribution is 6.08. The molecule has 1 fully saturated rings. The van der Waals surface area contributed by atoms with E-state index in [0.29, 0.717) is 11.5 Å². The number of ether oxygens (including phenoxy) is 2. The zero-order valence-corrected chi connectivity index (χ0v) is 14.3. The fourth-order valence-electron chi connectivity index (χ4n) is 3.89. The Morgan fingerprint density at radius 3 is 2.35 bits per heavy atom. The third-order valence-electron chi connectivity index (χ3n) is 5.18. The molecule has 4 heteroatoms. The first-order valence-electron chi connectivity index (χ1n) is 8.62.